The fourth-order valence-corrected chi connectivity index (χ4v) is 27.1. The van der Waals surface area contributed by atoms with Gasteiger partial charge in [-0.15, -0.1) is 0 Å². The number of anilines is 6. The van der Waals surface area contributed by atoms with Gasteiger partial charge in [0.25, 0.3) is 0 Å². The van der Waals surface area contributed by atoms with E-state index in [-0.39, 0.29) is 21.7 Å². The maximum atomic E-state index is 2.64. The molecule has 0 amide bonds. The highest BCUT2D eigenvalue weighted by atomic mass is 15.2. The first kappa shape index (κ1) is 95.5. The standard InChI is InChI=1S/C146H138N2/c1-9-13-17-21-37-81-145(82-38-22-18-14-10-2)133-63-35-33-59-121(133)127-79-71-113(95-139(127)145)111-69-77-125-123-75-67-109(91-135(123)143(5,6)137(125)93-111)103-51-41-49-101(85-103)107-53-43-55-115(89-107)147(117-73-65-99-45-25-27-47-105(99)87-117)141-97-131-120-58-30-32-62-130(120)142(98-132(131)119-57-29-31-61-129(119)141)148(118-74-66-100-46-26-28-48-106(100)88-118)116-56-44-54-108(90-116)102-50-42-52-104(86-102)110-68-76-124-126-78-70-112(94-138(126)144(7,8)136(124)92-110)114-72-80-128-122-60-34-36-64-134(122)146(140(128)96-114,83-39-23-19-15-11-3)84-40-24-20-16-12-4/h25-36,41-80,85-98H,9-24,37-40,81-84H2,1-8H3. The zero-order valence-electron chi connectivity index (χ0n) is 88.0. The van der Waals surface area contributed by atoms with Gasteiger partial charge in [0.05, 0.1) is 11.4 Å². The molecule has 732 valence electrons. The predicted molar refractivity (Wildman–Crippen MR) is 637 cm³/mol. The second kappa shape index (κ2) is 40.5. The van der Waals surface area contributed by atoms with Gasteiger partial charge in [-0.3, -0.25) is 0 Å². The minimum atomic E-state index is -0.230. The van der Waals surface area contributed by atoms with Gasteiger partial charge in [0, 0.05) is 55.2 Å². The van der Waals surface area contributed by atoms with Crippen molar-refractivity contribution in [2.75, 3.05) is 9.80 Å². The first-order valence-corrected chi connectivity index (χ1v) is 56.1. The summed E-state index contributed by atoms with van der Waals surface area (Å²) in [6.45, 7) is 19.2. The molecule has 24 rings (SSSR count). The lowest BCUT2D eigenvalue weighted by Gasteiger charge is -2.33. The van der Waals surface area contributed by atoms with Crippen LogP contribution in [-0.4, -0.2) is 0 Å². The van der Waals surface area contributed by atoms with Crippen LogP contribution in [-0.2, 0) is 21.7 Å². The van der Waals surface area contributed by atoms with Crippen LogP contribution >= 0.6 is 0 Å². The fraction of sp³-hybridized carbons (Fsp3) is 0.247. The number of unbranched alkanes of at least 4 members (excludes halogenated alkanes) is 16. The van der Waals surface area contributed by atoms with Crippen LogP contribution in [0.15, 0.2) is 400 Å². The van der Waals surface area contributed by atoms with Crippen LogP contribution in [0, 0.1) is 0 Å². The third kappa shape index (κ3) is 17.3. The maximum Gasteiger partial charge on any atom is 0.0546 e. The van der Waals surface area contributed by atoms with Crippen LogP contribution in [0.2, 0.25) is 0 Å². The van der Waals surface area contributed by atoms with Crippen LogP contribution in [0.1, 0.15) is 254 Å². The van der Waals surface area contributed by atoms with Gasteiger partial charge in [-0.05, 0) is 334 Å². The number of nitrogens with zero attached hydrogens (tertiary/aromatic N) is 2. The average molecular weight is 1920 g/mol. The summed E-state index contributed by atoms with van der Waals surface area (Å²) in [7, 11) is 0. The molecule has 0 atom stereocenters. The Morgan fingerprint density at radius 1 is 0.162 bits per heavy atom. The SMILES string of the molecule is CCCCCCCC1(CCCCCCC)c2ccccc2-c2ccc(-c3ccc4c(c3)C(C)(C)c3cc(-c5cccc(-c6cccc(N(c7ccc8ccccc8c7)c7cc8c9ccccc9c(N(c9cccc(-c%10cccc(-c%11ccc%12c(c%11)C(C)(C)c%11cc(-c%13ccc%14c(c%13)C(CCCCCCC)(CCCCCCC)c%13ccccc%13-%14)ccc%11-%12)c%10)c9)c9ccc%10ccccc%10c9)cc8c8ccccc78)c6)c5)ccc3-4)cc21. The van der Waals surface area contributed by atoms with Crippen LogP contribution < -0.4 is 9.80 Å². The monoisotopic (exact) mass is 1920 g/mol. The summed E-state index contributed by atoms with van der Waals surface area (Å²) in [4.78, 5) is 5.06. The fourth-order valence-electron chi connectivity index (χ4n) is 27.1. The largest absolute Gasteiger partial charge is 0.310 e. The van der Waals surface area contributed by atoms with Crippen molar-refractivity contribution < 1.29 is 0 Å². The average Bonchev–Trinajstić information content (AvgIpc) is 1.50. The van der Waals surface area contributed by atoms with Crippen LogP contribution in [0.5, 0.6) is 0 Å². The molecule has 0 heterocycles. The molecule has 4 aliphatic carbocycles. The normalized spacial score (nSPS) is 13.9. The Balaban J connectivity index is 0.549. The van der Waals surface area contributed by atoms with Gasteiger partial charge in [-0.2, -0.15) is 0 Å². The van der Waals surface area contributed by atoms with E-state index in [2.05, 4.69) is 466 Å². The van der Waals surface area contributed by atoms with Crippen molar-refractivity contribution in [3.05, 3.63) is 445 Å². The quantitative estimate of drug-likeness (QED) is 0.0285. The third-order valence-corrected chi connectivity index (χ3v) is 35.0. The van der Waals surface area contributed by atoms with Crippen molar-refractivity contribution in [2.24, 2.45) is 0 Å². The molecule has 0 saturated heterocycles. The molecule has 0 fully saturated rings. The van der Waals surface area contributed by atoms with Gasteiger partial charge in [0.2, 0.25) is 0 Å². The lowest BCUT2D eigenvalue weighted by Crippen LogP contribution is -2.25. The minimum Gasteiger partial charge on any atom is -0.310 e. The minimum absolute atomic E-state index is 0.0293. The molecular formula is C146H138N2. The van der Waals surface area contributed by atoms with Crippen molar-refractivity contribution in [3.8, 4) is 111 Å². The van der Waals surface area contributed by atoms with Crippen molar-refractivity contribution in [1.29, 1.82) is 0 Å². The molecule has 0 unspecified atom stereocenters. The summed E-state index contributed by atoms with van der Waals surface area (Å²) in [5, 5.41) is 11.8. The van der Waals surface area contributed by atoms with Gasteiger partial charge in [0.15, 0.2) is 0 Å². The summed E-state index contributed by atoms with van der Waals surface area (Å²) in [5.41, 5.74) is 43.9. The van der Waals surface area contributed by atoms with Crippen molar-refractivity contribution in [2.45, 2.75) is 231 Å². The molecule has 0 spiro atoms. The Hall–Kier alpha value is -14.7. The molecule has 0 aromatic heterocycles. The number of benzene rings is 20. The molecule has 0 N–H and O–H groups in total. The topological polar surface area (TPSA) is 6.48 Å². The lowest BCUT2D eigenvalue weighted by atomic mass is 9.70. The summed E-state index contributed by atoms with van der Waals surface area (Å²) in [5.74, 6) is 0. The summed E-state index contributed by atoms with van der Waals surface area (Å²) < 4.78 is 0. The molecule has 20 aromatic carbocycles. The molecule has 0 saturated carbocycles. The van der Waals surface area contributed by atoms with Gasteiger partial charge in [-0.25, -0.2) is 0 Å². The van der Waals surface area contributed by atoms with E-state index in [1.165, 1.54) is 320 Å². The lowest BCUT2D eigenvalue weighted by molar-refractivity contribution is 0.399. The van der Waals surface area contributed by atoms with E-state index in [9.17, 15) is 0 Å². The first-order chi connectivity index (χ1) is 72.7. The van der Waals surface area contributed by atoms with E-state index in [1.807, 2.05) is 0 Å². The molecular weight excluding hydrogens is 1780 g/mol. The molecule has 0 radical (unpaired) electrons. The van der Waals surface area contributed by atoms with Crippen LogP contribution in [0.4, 0.5) is 34.1 Å². The summed E-state index contributed by atoms with van der Waals surface area (Å²) >= 11 is 0. The second-order valence-electron chi connectivity index (χ2n) is 44.7. The maximum absolute atomic E-state index is 2.64. The molecule has 0 bridgehead atoms. The Labute approximate surface area is 878 Å². The zero-order chi connectivity index (χ0) is 100. The molecule has 0 aliphatic heterocycles. The van der Waals surface area contributed by atoms with E-state index >= 15 is 0 Å². The van der Waals surface area contributed by atoms with E-state index in [0.717, 1.165) is 56.0 Å². The van der Waals surface area contributed by atoms with Crippen molar-refractivity contribution in [1.82, 2.24) is 0 Å². The number of hydrogen-bond acceptors (Lipinski definition) is 2. The Kier molecular flexibility index (Phi) is 26.1. The second-order valence-corrected chi connectivity index (χ2v) is 44.7. The van der Waals surface area contributed by atoms with Crippen molar-refractivity contribution >= 4 is 88.0 Å². The van der Waals surface area contributed by atoms with Crippen LogP contribution in [0.25, 0.3) is 165 Å². The molecule has 2 heteroatoms. The highest BCUT2D eigenvalue weighted by Crippen LogP contribution is 2.61. The predicted octanol–water partition coefficient (Wildman–Crippen LogP) is 43.0. The first-order valence-electron chi connectivity index (χ1n) is 56.1. The third-order valence-electron chi connectivity index (χ3n) is 35.0. The molecule has 2 nitrogen and oxygen atoms in total. The van der Waals surface area contributed by atoms with Crippen LogP contribution in [0.3, 0.4) is 0 Å². The summed E-state index contributed by atoms with van der Waals surface area (Å²) in [6.07, 6.45) is 30.8. The molecule has 148 heavy (non-hydrogen) atoms. The molecule has 4 aliphatic rings. The zero-order valence-corrected chi connectivity index (χ0v) is 88.0. The highest BCUT2D eigenvalue weighted by molar-refractivity contribution is 6.25. The van der Waals surface area contributed by atoms with E-state index < -0.39 is 0 Å². The van der Waals surface area contributed by atoms with Gasteiger partial charge >= 0.3 is 0 Å². The van der Waals surface area contributed by atoms with Gasteiger partial charge in [-0.1, -0.05) is 475 Å². The number of hydrogen-bond donors (Lipinski definition) is 0. The van der Waals surface area contributed by atoms with Crippen molar-refractivity contribution in [3.63, 3.8) is 0 Å². The summed E-state index contributed by atoms with van der Waals surface area (Å²) in [6, 6.07) is 156. The van der Waals surface area contributed by atoms with E-state index in [1.54, 1.807) is 22.3 Å². The Morgan fingerprint density at radius 2 is 0.412 bits per heavy atom. The Morgan fingerprint density at radius 3 is 0.743 bits per heavy atom. The smallest absolute Gasteiger partial charge is 0.0546 e. The van der Waals surface area contributed by atoms with Gasteiger partial charge in [0.1, 0.15) is 0 Å². The number of rotatable bonds is 36. The number of fused-ring (bicyclic) bond motifs is 19. The molecule has 20 aromatic rings. The highest BCUT2D eigenvalue weighted by Gasteiger charge is 2.46. The van der Waals surface area contributed by atoms with E-state index in [0.29, 0.717) is 0 Å². The Bertz CT molecular complexity index is 7930. The van der Waals surface area contributed by atoms with Gasteiger partial charge < -0.3 is 9.80 Å². The van der Waals surface area contributed by atoms with E-state index in [4.69, 9.17) is 0 Å².